The molecule has 1 fully saturated rings. The molecule has 2 atom stereocenters. The van der Waals surface area contributed by atoms with Gasteiger partial charge in [-0.25, -0.2) is 9.18 Å². The van der Waals surface area contributed by atoms with Crippen LogP contribution in [0, 0.1) is 5.82 Å². The number of hydrogen-bond acceptors (Lipinski definition) is 3. The van der Waals surface area contributed by atoms with Gasteiger partial charge in [0.1, 0.15) is 11.6 Å². The normalized spacial score (nSPS) is 20.2. The number of nitrogens with zero attached hydrogens (tertiary/aromatic N) is 1. The minimum atomic E-state index is -0.314. The second-order valence-corrected chi connectivity index (χ2v) is 7.15. The zero-order valence-electron chi connectivity index (χ0n) is 15.0. The van der Waals surface area contributed by atoms with Crippen molar-refractivity contribution in [2.75, 3.05) is 13.2 Å². The Balaban J connectivity index is 1.51. The van der Waals surface area contributed by atoms with E-state index in [0.29, 0.717) is 19.7 Å². The number of halogens is 1. The van der Waals surface area contributed by atoms with Gasteiger partial charge in [0, 0.05) is 19.7 Å². The molecule has 27 heavy (non-hydrogen) atoms. The van der Waals surface area contributed by atoms with E-state index >= 15 is 0 Å². The highest BCUT2D eigenvalue weighted by Crippen LogP contribution is 2.28. The van der Waals surface area contributed by atoms with Gasteiger partial charge >= 0.3 is 6.03 Å². The molecule has 2 heterocycles. The van der Waals surface area contributed by atoms with Crippen molar-refractivity contribution >= 4 is 6.03 Å². The Morgan fingerprint density at radius 2 is 2.04 bits per heavy atom. The van der Waals surface area contributed by atoms with Gasteiger partial charge in [-0.05, 0) is 60.2 Å². The molecule has 2 aromatic carbocycles. The number of phenolic OH excluding ortho intramolecular Hbond substituents is 1. The van der Waals surface area contributed by atoms with Gasteiger partial charge in [0.05, 0.1) is 12.1 Å². The van der Waals surface area contributed by atoms with Crippen molar-refractivity contribution in [2.24, 2.45) is 0 Å². The highest BCUT2D eigenvalue weighted by molar-refractivity contribution is 5.75. The second kappa shape index (κ2) is 7.56. The molecule has 0 aromatic heterocycles. The van der Waals surface area contributed by atoms with Gasteiger partial charge in [-0.1, -0.05) is 18.2 Å². The molecule has 142 valence electrons. The average Bonchev–Trinajstić information content (AvgIpc) is 3.20. The third-order valence-corrected chi connectivity index (χ3v) is 5.33. The summed E-state index contributed by atoms with van der Waals surface area (Å²) in [4.78, 5) is 14.7. The zero-order chi connectivity index (χ0) is 18.8. The van der Waals surface area contributed by atoms with Crippen LogP contribution in [0.1, 0.15) is 35.6 Å². The number of amides is 2. The fourth-order valence-corrected chi connectivity index (χ4v) is 3.87. The molecule has 0 bridgehead atoms. The Kier molecular flexibility index (Phi) is 4.99. The molecule has 2 amide bonds. The summed E-state index contributed by atoms with van der Waals surface area (Å²) >= 11 is 0. The third kappa shape index (κ3) is 3.90. The predicted molar refractivity (Wildman–Crippen MR) is 98.9 cm³/mol. The lowest BCUT2D eigenvalue weighted by Gasteiger charge is -2.32. The van der Waals surface area contributed by atoms with Crippen LogP contribution in [0.5, 0.6) is 5.75 Å². The van der Waals surface area contributed by atoms with E-state index in [2.05, 4.69) is 5.32 Å². The van der Waals surface area contributed by atoms with Crippen LogP contribution >= 0.6 is 0 Å². The van der Waals surface area contributed by atoms with E-state index in [0.717, 1.165) is 36.0 Å². The first-order valence-corrected chi connectivity index (χ1v) is 9.33. The van der Waals surface area contributed by atoms with E-state index in [-0.39, 0.29) is 29.7 Å². The third-order valence-electron chi connectivity index (χ3n) is 5.33. The summed E-state index contributed by atoms with van der Waals surface area (Å²) < 4.78 is 19.1. The minimum absolute atomic E-state index is 0.111. The van der Waals surface area contributed by atoms with Crippen LogP contribution in [0.4, 0.5) is 9.18 Å². The fraction of sp³-hybridized carbons (Fsp3) is 0.381. The van der Waals surface area contributed by atoms with Crippen LogP contribution < -0.4 is 5.32 Å². The maximum absolute atomic E-state index is 13.3. The summed E-state index contributed by atoms with van der Waals surface area (Å²) in [6.45, 7) is 1.75. The highest BCUT2D eigenvalue weighted by atomic mass is 19.1. The van der Waals surface area contributed by atoms with E-state index in [4.69, 9.17) is 4.74 Å². The van der Waals surface area contributed by atoms with E-state index < -0.39 is 0 Å². The molecular weight excluding hydrogens is 347 g/mol. The minimum Gasteiger partial charge on any atom is -0.508 e. The molecule has 2 aliphatic heterocycles. The Bertz CT molecular complexity index is 819. The SMILES string of the molecule is O=C(N[C@H](c1ccc(F)cc1)[C@H]1CCCO1)N1CCc2ccc(O)cc2C1. The number of benzene rings is 2. The van der Waals surface area contributed by atoms with Crippen LogP contribution in [0.2, 0.25) is 0 Å². The summed E-state index contributed by atoms with van der Waals surface area (Å²) in [5, 5.41) is 12.8. The van der Waals surface area contributed by atoms with E-state index in [9.17, 15) is 14.3 Å². The molecule has 4 rings (SSSR count). The largest absolute Gasteiger partial charge is 0.508 e. The molecule has 0 unspecified atom stereocenters. The smallest absolute Gasteiger partial charge is 0.318 e. The van der Waals surface area contributed by atoms with Gasteiger partial charge < -0.3 is 20.1 Å². The van der Waals surface area contributed by atoms with Crippen molar-refractivity contribution in [3.8, 4) is 5.75 Å². The number of hydrogen-bond donors (Lipinski definition) is 2. The van der Waals surface area contributed by atoms with Crippen molar-refractivity contribution in [2.45, 2.75) is 38.0 Å². The predicted octanol–water partition coefficient (Wildman–Crippen LogP) is 3.52. The molecule has 0 radical (unpaired) electrons. The van der Waals surface area contributed by atoms with Crippen molar-refractivity contribution < 1.29 is 19.0 Å². The molecule has 2 aliphatic rings. The molecule has 6 heteroatoms. The molecular formula is C21H23FN2O3. The average molecular weight is 370 g/mol. The monoisotopic (exact) mass is 370 g/mol. The van der Waals surface area contributed by atoms with Crippen LogP contribution in [0.3, 0.4) is 0 Å². The van der Waals surface area contributed by atoms with Crippen LogP contribution in [-0.2, 0) is 17.7 Å². The lowest BCUT2D eigenvalue weighted by Crippen LogP contribution is -2.46. The van der Waals surface area contributed by atoms with E-state index in [1.165, 1.54) is 12.1 Å². The highest BCUT2D eigenvalue weighted by Gasteiger charge is 2.31. The molecule has 2 N–H and O–H groups in total. The Morgan fingerprint density at radius 3 is 2.78 bits per heavy atom. The lowest BCUT2D eigenvalue weighted by molar-refractivity contribution is 0.0775. The van der Waals surface area contributed by atoms with Crippen molar-refractivity contribution in [3.63, 3.8) is 0 Å². The Labute approximate surface area is 157 Å². The standard InChI is InChI=1S/C21H23FN2O3/c22-17-6-3-15(4-7-17)20(19-2-1-11-27-19)23-21(26)24-10-9-14-5-8-18(25)12-16(14)13-24/h3-8,12,19-20,25H,1-2,9-11,13H2,(H,23,26)/t19-,20-/m1/s1. The first-order chi connectivity index (χ1) is 13.1. The molecule has 0 spiro atoms. The summed E-state index contributed by atoms with van der Waals surface area (Å²) in [6, 6.07) is 11.0. The summed E-state index contributed by atoms with van der Waals surface area (Å²) in [5.74, 6) is -0.0943. The van der Waals surface area contributed by atoms with Crippen molar-refractivity contribution in [1.82, 2.24) is 10.2 Å². The number of urea groups is 1. The number of carbonyl (C=O) groups excluding carboxylic acids is 1. The van der Waals surface area contributed by atoms with Gasteiger partial charge in [0.25, 0.3) is 0 Å². The Morgan fingerprint density at radius 1 is 1.22 bits per heavy atom. The van der Waals surface area contributed by atoms with Gasteiger partial charge in [-0.3, -0.25) is 0 Å². The quantitative estimate of drug-likeness (QED) is 0.869. The van der Waals surface area contributed by atoms with E-state index in [1.54, 1.807) is 29.2 Å². The van der Waals surface area contributed by atoms with Crippen LogP contribution in [-0.4, -0.2) is 35.3 Å². The number of rotatable bonds is 3. The van der Waals surface area contributed by atoms with E-state index in [1.807, 2.05) is 6.07 Å². The van der Waals surface area contributed by atoms with Crippen molar-refractivity contribution in [1.29, 1.82) is 0 Å². The number of nitrogens with one attached hydrogen (secondary N) is 1. The summed E-state index contributed by atoms with van der Waals surface area (Å²) in [6.07, 6.45) is 2.46. The topological polar surface area (TPSA) is 61.8 Å². The van der Waals surface area contributed by atoms with Crippen LogP contribution in [0.15, 0.2) is 42.5 Å². The molecule has 2 aromatic rings. The zero-order valence-corrected chi connectivity index (χ0v) is 15.0. The molecule has 5 nitrogen and oxygen atoms in total. The van der Waals surface area contributed by atoms with Crippen molar-refractivity contribution in [3.05, 3.63) is 65.0 Å². The van der Waals surface area contributed by atoms with Crippen LogP contribution in [0.25, 0.3) is 0 Å². The van der Waals surface area contributed by atoms with Gasteiger partial charge in [0.2, 0.25) is 0 Å². The number of fused-ring (bicyclic) bond motifs is 1. The summed E-state index contributed by atoms with van der Waals surface area (Å²) in [5.41, 5.74) is 2.96. The fourth-order valence-electron chi connectivity index (χ4n) is 3.87. The lowest BCUT2D eigenvalue weighted by atomic mass is 9.98. The summed E-state index contributed by atoms with van der Waals surface area (Å²) in [7, 11) is 0. The molecule has 1 saturated heterocycles. The first-order valence-electron chi connectivity index (χ1n) is 9.33. The number of aromatic hydroxyl groups is 1. The number of carbonyl (C=O) groups is 1. The first kappa shape index (κ1) is 17.8. The maximum atomic E-state index is 13.3. The number of phenols is 1. The van der Waals surface area contributed by atoms with Gasteiger partial charge in [-0.2, -0.15) is 0 Å². The molecule has 0 aliphatic carbocycles. The Hall–Kier alpha value is -2.60. The number of ether oxygens (including phenoxy) is 1. The maximum Gasteiger partial charge on any atom is 0.318 e. The second-order valence-electron chi connectivity index (χ2n) is 7.15. The van der Waals surface area contributed by atoms with Gasteiger partial charge in [-0.15, -0.1) is 0 Å². The molecule has 0 saturated carbocycles. The van der Waals surface area contributed by atoms with Gasteiger partial charge in [0.15, 0.2) is 0 Å².